The van der Waals surface area contributed by atoms with Gasteiger partial charge in [0.2, 0.25) is 0 Å². The third-order valence-electron chi connectivity index (χ3n) is 5.65. The van der Waals surface area contributed by atoms with Crippen LogP contribution >= 0.6 is 0 Å². The van der Waals surface area contributed by atoms with E-state index < -0.39 is 36.3 Å². The number of amides is 1. The van der Waals surface area contributed by atoms with Gasteiger partial charge in [0.25, 0.3) is 5.91 Å². The second-order valence-electron chi connectivity index (χ2n) is 7.74. The first-order valence-corrected chi connectivity index (χ1v) is 10.1. The highest BCUT2D eigenvalue weighted by molar-refractivity contribution is 6.30. The Morgan fingerprint density at radius 2 is 1.47 bits per heavy atom. The van der Waals surface area contributed by atoms with Gasteiger partial charge in [0.1, 0.15) is 0 Å². The summed E-state index contributed by atoms with van der Waals surface area (Å²) in [5, 5.41) is 21.7. The highest BCUT2D eigenvalue weighted by atomic mass is 16.4. The molecule has 1 saturated heterocycles. The van der Waals surface area contributed by atoms with Gasteiger partial charge in [-0.05, 0) is 23.3 Å². The highest BCUT2D eigenvalue weighted by Crippen LogP contribution is 2.33. The van der Waals surface area contributed by atoms with Crippen molar-refractivity contribution >= 4 is 29.4 Å². The number of hydrogen-bond donors (Lipinski definition) is 3. The van der Waals surface area contributed by atoms with E-state index in [1.165, 1.54) is 30.3 Å². The molecule has 4 rings (SSSR count). The van der Waals surface area contributed by atoms with Gasteiger partial charge >= 0.3 is 11.9 Å². The lowest BCUT2D eigenvalue weighted by atomic mass is 9.78. The Balaban J connectivity index is 1.87. The molecule has 2 aliphatic rings. The fourth-order valence-corrected chi connectivity index (χ4v) is 4.26. The normalized spacial score (nSPS) is 15.2. The first kappa shape index (κ1) is 21.4. The maximum Gasteiger partial charge on any atom is 0.307 e. The summed E-state index contributed by atoms with van der Waals surface area (Å²) < 4.78 is 0. The number of carbonyl (C=O) groups excluding carboxylic acids is 3. The van der Waals surface area contributed by atoms with Crippen LogP contribution in [0.5, 0.6) is 0 Å². The lowest BCUT2D eigenvalue weighted by molar-refractivity contribution is -0.137. The molecule has 1 fully saturated rings. The van der Waals surface area contributed by atoms with Gasteiger partial charge < -0.3 is 20.4 Å². The van der Waals surface area contributed by atoms with Crippen LogP contribution in [0.15, 0.2) is 30.3 Å². The SMILES string of the molecule is O=C(O)Cc1cccc2c1C(=O)c1c(CC(=O)O)cc(C(=O)N3CCNCC3)cc1C2=O. The number of rotatable bonds is 5. The van der Waals surface area contributed by atoms with Crippen LogP contribution in [0, 0.1) is 0 Å². The molecule has 9 nitrogen and oxygen atoms in total. The van der Waals surface area contributed by atoms with Crippen LogP contribution in [0.2, 0.25) is 0 Å². The number of nitrogens with one attached hydrogen (secondary N) is 1. The van der Waals surface area contributed by atoms with E-state index >= 15 is 0 Å². The summed E-state index contributed by atoms with van der Waals surface area (Å²) in [7, 11) is 0. The van der Waals surface area contributed by atoms with Crippen LogP contribution in [-0.2, 0) is 22.4 Å². The molecule has 0 bridgehead atoms. The molecule has 1 heterocycles. The van der Waals surface area contributed by atoms with E-state index in [1.807, 2.05) is 0 Å². The molecular formula is C23H20N2O7. The van der Waals surface area contributed by atoms with Gasteiger partial charge in [-0.3, -0.25) is 24.0 Å². The Bertz CT molecular complexity index is 1180. The van der Waals surface area contributed by atoms with E-state index in [4.69, 9.17) is 0 Å². The number of benzene rings is 2. The largest absolute Gasteiger partial charge is 0.481 e. The predicted octanol–water partition coefficient (Wildman–Crippen LogP) is 0.762. The summed E-state index contributed by atoms with van der Waals surface area (Å²) in [6.45, 7) is 2.18. The molecule has 9 heteroatoms. The zero-order chi connectivity index (χ0) is 23.0. The molecule has 32 heavy (non-hydrogen) atoms. The topological polar surface area (TPSA) is 141 Å². The third-order valence-corrected chi connectivity index (χ3v) is 5.65. The van der Waals surface area contributed by atoms with Crippen molar-refractivity contribution in [3.05, 3.63) is 69.3 Å². The molecule has 2 aromatic carbocycles. The number of carboxylic acids is 2. The lowest BCUT2D eigenvalue weighted by Gasteiger charge is -2.28. The number of carboxylic acid groups (broad SMARTS) is 2. The standard InChI is InChI=1S/C23H20N2O7/c26-17(27)10-12-2-1-3-15-19(12)22(31)20-13(11-18(28)29)8-14(9-16(20)21(15)30)23(32)25-6-4-24-5-7-25/h1-3,8-9,24H,4-7,10-11H2,(H,26,27)(H,28,29). The molecule has 1 aliphatic carbocycles. The van der Waals surface area contributed by atoms with Gasteiger partial charge in [0.05, 0.1) is 12.8 Å². The van der Waals surface area contributed by atoms with Crippen molar-refractivity contribution < 1.29 is 34.2 Å². The van der Waals surface area contributed by atoms with Crippen molar-refractivity contribution in [1.29, 1.82) is 0 Å². The Kier molecular flexibility index (Phi) is 5.58. The highest BCUT2D eigenvalue weighted by Gasteiger charge is 2.35. The van der Waals surface area contributed by atoms with Crippen molar-refractivity contribution in [3.8, 4) is 0 Å². The summed E-state index contributed by atoms with van der Waals surface area (Å²) in [6, 6.07) is 7.10. The van der Waals surface area contributed by atoms with Crippen LogP contribution in [0.3, 0.4) is 0 Å². The third kappa shape index (κ3) is 3.78. The van der Waals surface area contributed by atoms with E-state index in [0.29, 0.717) is 26.2 Å². The number of carbonyl (C=O) groups is 5. The van der Waals surface area contributed by atoms with Gasteiger partial charge in [-0.15, -0.1) is 0 Å². The van der Waals surface area contributed by atoms with Gasteiger partial charge in [-0.2, -0.15) is 0 Å². The summed E-state index contributed by atoms with van der Waals surface area (Å²) in [5.41, 5.74) is 0.290. The fraction of sp³-hybridized carbons (Fsp3) is 0.261. The van der Waals surface area contributed by atoms with E-state index in [-0.39, 0.29) is 44.9 Å². The van der Waals surface area contributed by atoms with Crippen LogP contribution in [0.4, 0.5) is 0 Å². The minimum absolute atomic E-state index is 0.0276. The van der Waals surface area contributed by atoms with Crippen LogP contribution in [0.25, 0.3) is 0 Å². The molecular weight excluding hydrogens is 416 g/mol. The maximum absolute atomic E-state index is 13.4. The predicted molar refractivity (Wildman–Crippen MR) is 111 cm³/mol. The summed E-state index contributed by atoms with van der Waals surface area (Å²) in [5.74, 6) is -3.87. The van der Waals surface area contributed by atoms with E-state index in [0.717, 1.165) is 0 Å². The first-order valence-electron chi connectivity index (χ1n) is 10.1. The van der Waals surface area contributed by atoms with Crippen LogP contribution < -0.4 is 5.32 Å². The summed E-state index contributed by atoms with van der Waals surface area (Å²) >= 11 is 0. The average Bonchev–Trinajstić information content (AvgIpc) is 2.76. The molecule has 0 aromatic heterocycles. The summed E-state index contributed by atoms with van der Waals surface area (Å²) in [6.07, 6.45) is -1.01. The van der Waals surface area contributed by atoms with Crippen LogP contribution in [-0.4, -0.2) is 70.7 Å². The van der Waals surface area contributed by atoms with E-state index in [9.17, 15) is 34.2 Å². The second-order valence-corrected chi connectivity index (χ2v) is 7.74. The molecule has 0 radical (unpaired) electrons. The number of hydrogen-bond acceptors (Lipinski definition) is 6. The van der Waals surface area contributed by atoms with Crippen molar-refractivity contribution in [1.82, 2.24) is 10.2 Å². The van der Waals surface area contributed by atoms with Gasteiger partial charge in [0.15, 0.2) is 11.6 Å². The Morgan fingerprint density at radius 3 is 2.12 bits per heavy atom. The number of ketones is 2. The molecule has 0 atom stereocenters. The average molecular weight is 436 g/mol. The summed E-state index contributed by atoms with van der Waals surface area (Å²) in [4.78, 5) is 64.1. The lowest BCUT2D eigenvalue weighted by Crippen LogP contribution is -2.46. The van der Waals surface area contributed by atoms with Gasteiger partial charge in [-0.1, -0.05) is 18.2 Å². The van der Waals surface area contributed by atoms with Crippen LogP contribution in [0.1, 0.15) is 53.3 Å². The first-order chi connectivity index (χ1) is 15.3. The maximum atomic E-state index is 13.4. The smallest absolute Gasteiger partial charge is 0.307 e. The molecule has 1 amide bonds. The minimum Gasteiger partial charge on any atom is -0.481 e. The monoisotopic (exact) mass is 436 g/mol. The van der Waals surface area contributed by atoms with Crippen molar-refractivity contribution in [3.63, 3.8) is 0 Å². The Labute approximate surface area is 182 Å². The molecule has 0 spiro atoms. The molecule has 3 N–H and O–H groups in total. The molecule has 1 aliphatic heterocycles. The van der Waals surface area contributed by atoms with Crippen molar-refractivity contribution in [2.75, 3.05) is 26.2 Å². The Morgan fingerprint density at radius 1 is 0.844 bits per heavy atom. The van der Waals surface area contributed by atoms with Crippen molar-refractivity contribution in [2.24, 2.45) is 0 Å². The Hall–Kier alpha value is -3.85. The number of aliphatic carboxylic acids is 2. The molecule has 2 aromatic rings. The number of nitrogens with zero attached hydrogens (tertiary/aromatic N) is 1. The number of piperazine rings is 1. The van der Waals surface area contributed by atoms with E-state index in [1.54, 1.807) is 4.90 Å². The zero-order valence-corrected chi connectivity index (χ0v) is 17.0. The number of fused-ring (bicyclic) bond motifs is 2. The van der Waals surface area contributed by atoms with Crippen molar-refractivity contribution in [2.45, 2.75) is 12.8 Å². The molecule has 0 saturated carbocycles. The molecule has 0 unspecified atom stereocenters. The van der Waals surface area contributed by atoms with Gasteiger partial charge in [0, 0.05) is 54.0 Å². The molecule has 164 valence electrons. The zero-order valence-electron chi connectivity index (χ0n) is 17.0. The quantitative estimate of drug-likeness (QED) is 0.532. The van der Waals surface area contributed by atoms with Gasteiger partial charge in [-0.25, -0.2) is 0 Å². The minimum atomic E-state index is -1.22. The van der Waals surface area contributed by atoms with E-state index in [2.05, 4.69) is 5.32 Å². The fourth-order valence-electron chi connectivity index (χ4n) is 4.26. The second kappa shape index (κ2) is 8.35.